The molecule has 0 spiro atoms. The SMILES string of the molecule is CC(C)CCCCCCCCCCCCN(CCCCCCCCCCCCC(C)C)CCc1ccccc1. The summed E-state index contributed by atoms with van der Waals surface area (Å²) >= 11 is 0. The highest BCUT2D eigenvalue weighted by molar-refractivity contribution is 5.14. The fourth-order valence-electron chi connectivity index (χ4n) is 5.87. The predicted molar refractivity (Wildman–Crippen MR) is 178 cm³/mol. The Balaban J connectivity index is 2.07. The van der Waals surface area contributed by atoms with E-state index in [0.29, 0.717) is 0 Å². The molecule has 1 aromatic carbocycles. The Kier molecular flexibility index (Phi) is 25.4. The standard InChI is InChI=1S/C38H71N/c1-36(2)28-22-17-13-9-5-7-11-15-19-26-33-39(35-32-38-30-24-21-25-31-38)34-27-20-16-12-8-6-10-14-18-23-29-37(3)4/h21,24-25,30-31,36-37H,5-20,22-23,26-29,32-35H2,1-4H3. The lowest BCUT2D eigenvalue weighted by molar-refractivity contribution is 0.263. The molecule has 0 aromatic heterocycles. The summed E-state index contributed by atoms with van der Waals surface area (Å²) in [5.74, 6) is 1.77. The van der Waals surface area contributed by atoms with Crippen LogP contribution in [0.15, 0.2) is 30.3 Å². The van der Waals surface area contributed by atoms with Crippen LogP contribution in [0.2, 0.25) is 0 Å². The van der Waals surface area contributed by atoms with E-state index in [9.17, 15) is 0 Å². The van der Waals surface area contributed by atoms with Crippen LogP contribution in [0.5, 0.6) is 0 Å². The molecule has 1 heteroatoms. The maximum atomic E-state index is 2.78. The minimum Gasteiger partial charge on any atom is -0.303 e. The minimum absolute atomic E-state index is 0.883. The van der Waals surface area contributed by atoms with Crippen LogP contribution < -0.4 is 0 Å². The van der Waals surface area contributed by atoms with Crippen molar-refractivity contribution in [1.29, 1.82) is 0 Å². The van der Waals surface area contributed by atoms with Gasteiger partial charge in [0.05, 0.1) is 0 Å². The summed E-state index contributed by atoms with van der Waals surface area (Å²) in [5.41, 5.74) is 1.50. The molecule has 0 amide bonds. The van der Waals surface area contributed by atoms with Crippen LogP contribution >= 0.6 is 0 Å². The molecule has 0 saturated heterocycles. The van der Waals surface area contributed by atoms with Crippen LogP contribution in [0.1, 0.15) is 175 Å². The van der Waals surface area contributed by atoms with E-state index in [1.807, 2.05) is 0 Å². The van der Waals surface area contributed by atoms with Gasteiger partial charge in [0.1, 0.15) is 0 Å². The van der Waals surface area contributed by atoms with Crippen LogP contribution in [0, 0.1) is 11.8 Å². The minimum atomic E-state index is 0.883. The van der Waals surface area contributed by atoms with E-state index >= 15 is 0 Å². The summed E-state index contributed by atoms with van der Waals surface area (Å²) in [4.78, 5) is 2.78. The Hall–Kier alpha value is -0.820. The van der Waals surface area contributed by atoms with Gasteiger partial charge in [-0.25, -0.2) is 0 Å². The van der Waals surface area contributed by atoms with Crippen LogP contribution in [-0.2, 0) is 6.42 Å². The summed E-state index contributed by atoms with van der Waals surface area (Å²) in [6.07, 6.45) is 32.9. The maximum absolute atomic E-state index is 2.78. The summed E-state index contributed by atoms with van der Waals surface area (Å²) in [7, 11) is 0. The third-order valence-corrected chi connectivity index (χ3v) is 8.57. The fraction of sp³-hybridized carbons (Fsp3) is 0.842. The molecule has 0 atom stereocenters. The Morgan fingerprint density at radius 2 is 0.744 bits per heavy atom. The van der Waals surface area contributed by atoms with E-state index in [1.165, 1.54) is 173 Å². The van der Waals surface area contributed by atoms with Gasteiger partial charge < -0.3 is 4.90 Å². The van der Waals surface area contributed by atoms with Gasteiger partial charge in [0.2, 0.25) is 0 Å². The first kappa shape index (κ1) is 36.2. The molecule has 1 nitrogen and oxygen atoms in total. The van der Waals surface area contributed by atoms with Gasteiger partial charge in [-0.1, -0.05) is 186 Å². The first-order valence-corrected chi connectivity index (χ1v) is 17.8. The Morgan fingerprint density at radius 3 is 1.10 bits per heavy atom. The van der Waals surface area contributed by atoms with Gasteiger partial charge in [0.15, 0.2) is 0 Å². The Labute approximate surface area is 247 Å². The van der Waals surface area contributed by atoms with Crippen molar-refractivity contribution in [2.45, 2.75) is 175 Å². The number of hydrogen-bond donors (Lipinski definition) is 0. The molecule has 0 fully saturated rings. The van der Waals surface area contributed by atoms with Crippen molar-refractivity contribution in [1.82, 2.24) is 4.90 Å². The number of nitrogens with zero attached hydrogens (tertiary/aromatic N) is 1. The second-order valence-electron chi connectivity index (χ2n) is 13.5. The fourth-order valence-corrected chi connectivity index (χ4v) is 5.87. The van der Waals surface area contributed by atoms with E-state index in [2.05, 4.69) is 62.9 Å². The molecule has 0 radical (unpaired) electrons. The zero-order valence-electron chi connectivity index (χ0n) is 27.4. The molecule has 0 aliphatic heterocycles. The molecule has 0 bridgehead atoms. The van der Waals surface area contributed by atoms with E-state index in [0.717, 1.165) is 11.8 Å². The molecular formula is C38H71N. The molecule has 1 rings (SSSR count). The molecule has 0 heterocycles. The molecule has 228 valence electrons. The van der Waals surface area contributed by atoms with Gasteiger partial charge in [-0.2, -0.15) is 0 Å². The molecule has 0 aliphatic carbocycles. The lowest BCUT2D eigenvalue weighted by Gasteiger charge is -2.22. The van der Waals surface area contributed by atoms with Crippen molar-refractivity contribution in [2.24, 2.45) is 11.8 Å². The van der Waals surface area contributed by atoms with E-state index in [1.54, 1.807) is 0 Å². The largest absolute Gasteiger partial charge is 0.303 e. The van der Waals surface area contributed by atoms with Crippen molar-refractivity contribution in [3.63, 3.8) is 0 Å². The molecule has 1 aromatic rings. The number of unbranched alkanes of at least 4 members (excludes halogenated alkanes) is 18. The highest BCUT2D eigenvalue weighted by atomic mass is 15.1. The summed E-state index contributed by atoms with van der Waals surface area (Å²) in [6, 6.07) is 11.1. The lowest BCUT2D eigenvalue weighted by atomic mass is 10.0. The molecule has 0 saturated carbocycles. The third-order valence-electron chi connectivity index (χ3n) is 8.57. The molecule has 0 aliphatic rings. The van der Waals surface area contributed by atoms with Gasteiger partial charge in [0.25, 0.3) is 0 Å². The second kappa shape index (κ2) is 27.4. The highest BCUT2D eigenvalue weighted by Gasteiger charge is 2.06. The lowest BCUT2D eigenvalue weighted by Crippen LogP contribution is -2.28. The molecule has 0 N–H and O–H groups in total. The maximum Gasteiger partial charge on any atom is 0.00218 e. The summed E-state index contributed by atoms with van der Waals surface area (Å²) in [5, 5.41) is 0. The first-order valence-electron chi connectivity index (χ1n) is 17.8. The summed E-state index contributed by atoms with van der Waals surface area (Å²) in [6.45, 7) is 13.2. The second-order valence-corrected chi connectivity index (χ2v) is 13.5. The van der Waals surface area contributed by atoms with E-state index < -0.39 is 0 Å². The van der Waals surface area contributed by atoms with Crippen LogP contribution in [0.3, 0.4) is 0 Å². The van der Waals surface area contributed by atoms with Gasteiger partial charge >= 0.3 is 0 Å². The predicted octanol–water partition coefficient (Wildman–Crippen LogP) is 12.4. The highest BCUT2D eigenvalue weighted by Crippen LogP contribution is 2.15. The Morgan fingerprint density at radius 1 is 0.410 bits per heavy atom. The zero-order valence-corrected chi connectivity index (χ0v) is 27.4. The van der Waals surface area contributed by atoms with E-state index in [4.69, 9.17) is 0 Å². The summed E-state index contributed by atoms with van der Waals surface area (Å²) < 4.78 is 0. The zero-order chi connectivity index (χ0) is 28.2. The monoisotopic (exact) mass is 542 g/mol. The van der Waals surface area contributed by atoms with E-state index in [-0.39, 0.29) is 0 Å². The number of rotatable bonds is 29. The van der Waals surface area contributed by atoms with Gasteiger partial charge in [-0.3, -0.25) is 0 Å². The average molecular weight is 542 g/mol. The third kappa shape index (κ3) is 25.9. The smallest absolute Gasteiger partial charge is 0.00218 e. The van der Waals surface area contributed by atoms with Crippen molar-refractivity contribution in [3.05, 3.63) is 35.9 Å². The first-order chi connectivity index (χ1) is 19.1. The van der Waals surface area contributed by atoms with Gasteiger partial charge in [-0.05, 0) is 49.8 Å². The van der Waals surface area contributed by atoms with Crippen molar-refractivity contribution >= 4 is 0 Å². The quantitative estimate of drug-likeness (QED) is 0.0911. The van der Waals surface area contributed by atoms with Crippen LogP contribution in [-0.4, -0.2) is 24.5 Å². The molecule has 39 heavy (non-hydrogen) atoms. The number of benzene rings is 1. The Bertz CT molecular complexity index is 560. The van der Waals surface area contributed by atoms with Crippen LogP contribution in [0.4, 0.5) is 0 Å². The average Bonchev–Trinajstić information content (AvgIpc) is 2.92. The van der Waals surface area contributed by atoms with Crippen LogP contribution in [0.25, 0.3) is 0 Å². The van der Waals surface area contributed by atoms with Crippen molar-refractivity contribution in [2.75, 3.05) is 19.6 Å². The normalized spacial score (nSPS) is 11.9. The van der Waals surface area contributed by atoms with Gasteiger partial charge in [-0.15, -0.1) is 0 Å². The van der Waals surface area contributed by atoms with Crippen molar-refractivity contribution in [3.8, 4) is 0 Å². The molecule has 0 unspecified atom stereocenters. The topological polar surface area (TPSA) is 3.24 Å². The molecular weight excluding hydrogens is 470 g/mol. The number of hydrogen-bond acceptors (Lipinski definition) is 1. The van der Waals surface area contributed by atoms with Gasteiger partial charge in [0, 0.05) is 6.54 Å². The van der Waals surface area contributed by atoms with Crippen molar-refractivity contribution < 1.29 is 0 Å².